The van der Waals surface area contributed by atoms with E-state index in [-0.39, 0.29) is 0 Å². The predicted octanol–water partition coefficient (Wildman–Crippen LogP) is 5.20. The third-order valence-corrected chi connectivity index (χ3v) is 3.64. The number of allylic oxidation sites excluding steroid dienone is 2. The third-order valence-electron chi connectivity index (χ3n) is 3.64. The van der Waals surface area contributed by atoms with Crippen LogP contribution < -0.4 is 0 Å². The molecule has 1 aliphatic rings. The van der Waals surface area contributed by atoms with Crippen molar-refractivity contribution >= 4 is 5.78 Å². The molecule has 0 N–H and O–H groups in total. The van der Waals surface area contributed by atoms with Crippen LogP contribution in [0.25, 0.3) is 0 Å². The van der Waals surface area contributed by atoms with Gasteiger partial charge in [0.15, 0.2) is 5.78 Å². The minimum atomic E-state index is 0.430. The van der Waals surface area contributed by atoms with Crippen molar-refractivity contribution in [2.75, 3.05) is 0 Å². The molecule has 0 heterocycles. The number of ketones is 1. The first-order chi connectivity index (χ1) is 8.34. The van der Waals surface area contributed by atoms with Gasteiger partial charge in [-0.2, -0.15) is 0 Å². The molecule has 1 rings (SSSR count). The van der Waals surface area contributed by atoms with Gasteiger partial charge in [0.2, 0.25) is 0 Å². The van der Waals surface area contributed by atoms with E-state index in [0.717, 1.165) is 37.7 Å². The van der Waals surface area contributed by atoms with E-state index in [1.54, 1.807) is 0 Å². The molecule has 0 bridgehead atoms. The van der Waals surface area contributed by atoms with Crippen LogP contribution in [0, 0.1) is 0 Å². The van der Waals surface area contributed by atoms with Crippen LogP contribution in [-0.4, -0.2) is 5.78 Å². The highest BCUT2D eigenvalue weighted by Crippen LogP contribution is 2.18. The molecule has 0 saturated heterocycles. The average Bonchev–Trinajstić information content (AvgIpc) is 2.33. The number of hydrogen-bond donors (Lipinski definition) is 0. The summed E-state index contributed by atoms with van der Waals surface area (Å²) in [5, 5.41) is 0. The highest BCUT2D eigenvalue weighted by Gasteiger charge is 2.09. The minimum absolute atomic E-state index is 0.430. The molecule has 0 radical (unpaired) electrons. The smallest absolute Gasteiger partial charge is 0.158 e. The van der Waals surface area contributed by atoms with Crippen LogP contribution in [-0.2, 0) is 4.79 Å². The summed E-state index contributed by atoms with van der Waals surface area (Å²) in [5.74, 6) is 0.430. The van der Waals surface area contributed by atoms with Crippen molar-refractivity contribution in [2.45, 2.75) is 84.0 Å². The van der Waals surface area contributed by atoms with Gasteiger partial charge in [-0.3, -0.25) is 4.79 Å². The van der Waals surface area contributed by atoms with E-state index in [4.69, 9.17) is 0 Å². The van der Waals surface area contributed by atoms with Crippen LogP contribution in [0.2, 0.25) is 0 Å². The molecule has 1 saturated carbocycles. The molecule has 1 fully saturated rings. The van der Waals surface area contributed by atoms with Gasteiger partial charge in [-0.15, -0.1) is 0 Å². The number of hydrogen-bond acceptors (Lipinski definition) is 1. The van der Waals surface area contributed by atoms with Crippen LogP contribution in [0.5, 0.6) is 0 Å². The van der Waals surface area contributed by atoms with Gasteiger partial charge in [-0.25, -0.2) is 0 Å². The minimum Gasteiger partial charge on any atom is -0.295 e. The van der Waals surface area contributed by atoms with E-state index >= 15 is 0 Å². The molecule has 0 atom stereocenters. The Morgan fingerprint density at radius 2 is 1.41 bits per heavy atom. The molecule has 1 heteroatoms. The molecule has 0 aromatic carbocycles. The quantitative estimate of drug-likeness (QED) is 0.602. The van der Waals surface area contributed by atoms with Gasteiger partial charge in [-0.05, 0) is 31.3 Å². The SMILES string of the molecule is CCCC=C1CCCCCCCCCCC1=O. The maximum atomic E-state index is 12.1. The Morgan fingerprint density at radius 3 is 2.00 bits per heavy atom. The second-order valence-electron chi connectivity index (χ2n) is 5.27. The summed E-state index contributed by atoms with van der Waals surface area (Å²) in [4.78, 5) is 12.1. The van der Waals surface area contributed by atoms with Crippen LogP contribution in [0.1, 0.15) is 84.0 Å². The van der Waals surface area contributed by atoms with Gasteiger partial charge >= 0.3 is 0 Å². The molecule has 0 aromatic rings. The first-order valence-corrected chi connectivity index (χ1v) is 7.57. The fraction of sp³-hybridized carbons (Fsp3) is 0.812. The van der Waals surface area contributed by atoms with Gasteiger partial charge < -0.3 is 0 Å². The molecule has 1 aliphatic carbocycles. The molecule has 1 nitrogen and oxygen atoms in total. The number of carbonyl (C=O) groups is 1. The van der Waals surface area contributed by atoms with Crippen molar-refractivity contribution in [1.29, 1.82) is 0 Å². The monoisotopic (exact) mass is 236 g/mol. The molecule has 98 valence electrons. The highest BCUT2D eigenvalue weighted by molar-refractivity contribution is 5.95. The van der Waals surface area contributed by atoms with Crippen molar-refractivity contribution in [3.05, 3.63) is 11.6 Å². The molecule has 0 spiro atoms. The fourth-order valence-corrected chi connectivity index (χ4v) is 2.50. The number of rotatable bonds is 2. The predicted molar refractivity (Wildman–Crippen MR) is 74.2 cm³/mol. The topological polar surface area (TPSA) is 17.1 Å². The van der Waals surface area contributed by atoms with Gasteiger partial charge in [0.25, 0.3) is 0 Å². The molecular formula is C16H28O. The summed E-state index contributed by atoms with van der Waals surface area (Å²) in [5.41, 5.74) is 1.13. The Morgan fingerprint density at radius 1 is 0.882 bits per heavy atom. The molecule has 0 aliphatic heterocycles. The number of unbranched alkanes of at least 4 members (excludes halogenated alkanes) is 1. The van der Waals surface area contributed by atoms with Crippen LogP contribution in [0.15, 0.2) is 11.6 Å². The molecule has 0 aromatic heterocycles. The zero-order valence-corrected chi connectivity index (χ0v) is 11.5. The van der Waals surface area contributed by atoms with E-state index < -0.39 is 0 Å². The molecule has 0 unspecified atom stereocenters. The summed E-state index contributed by atoms with van der Waals surface area (Å²) in [7, 11) is 0. The largest absolute Gasteiger partial charge is 0.295 e. The number of Topliss-reactive ketones (excluding diaryl/α,β-unsaturated/α-hetero) is 1. The zero-order valence-electron chi connectivity index (χ0n) is 11.5. The first-order valence-electron chi connectivity index (χ1n) is 7.57. The van der Waals surface area contributed by atoms with E-state index in [1.807, 2.05) is 0 Å². The van der Waals surface area contributed by atoms with Gasteiger partial charge in [0.05, 0.1) is 0 Å². The summed E-state index contributed by atoms with van der Waals surface area (Å²) < 4.78 is 0. The summed E-state index contributed by atoms with van der Waals surface area (Å²) in [6.45, 7) is 2.18. The standard InChI is InChI=1S/C16H28O/c1-2-3-12-15-13-10-8-6-4-5-7-9-11-14-16(15)17/h12H,2-11,13-14H2,1H3. The molecular weight excluding hydrogens is 208 g/mol. The summed E-state index contributed by atoms with van der Waals surface area (Å²) in [6.07, 6.45) is 16.5. The van der Waals surface area contributed by atoms with Gasteiger partial charge in [-0.1, -0.05) is 57.9 Å². The Kier molecular flexibility index (Phi) is 8.04. The first kappa shape index (κ1) is 14.5. The third kappa shape index (κ3) is 6.65. The van der Waals surface area contributed by atoms with E-state index in [0.29, 0.717) is 5.78 Å². The fourth-order valence-electron chi connectivity index (χ4n) is 2.50. The van der Waals surface area contributed by atoms with Crippen LogP contribution in [0.3, 0.4) is 0 Å². The Hall–Kier alpha value is -0.590. The zero-order chi connectivity index (χ0) is 12.3. The van der Waals surface area contributed by atoms with Crippen molar-refractivity contribution in [2.24, 2.45) is 0 Å². The van der Waals surface area contributed by atoms with Crippen molar-refractivity contribution in [1.82, 2.24) is 0 Å². The van der Waals surface area contributed by atoms with Crippen LogP contribution >= 0.6 is 0 Å². The Bertz CT molecular complexity index is 240. The second kappa shape index (κ2) is 9.44. The lowest BCUT2D eigenvalue weighted by atomic mass is 9.96. The Labute approximate surface area is 107 Å². The van der Waals surface area contributed by atoms with Gasteiger partial charge in [0.1, 0.15) is 0 Å². The number of carbonyl (C=O) groups excluding carboxylic acids is 1. The van der Waals surface area contributed by atoms with Crippen molar-refractivity contribution in [3.63, 3.8) is 0 Å². The maximum absolute atomic E-state index is 12.1. The lowest BCUT2D eigenvalue weighted by Gasteiger charge is -2.09. The Balaban J connectivity index is 2.48. The van der Waals surface area contributed by atoms with E-state index in [2.05, 4.69) is 13.0 Å². The lowest BCUT2D eigenvalue weighted by molar-refractivity contribution is -0.115. The maximum Gasteiger partial charge on any atom is 0.158 e. The summed E-state index contributed by atoms with van der Waals surface area (Å²) in [6, 6.07) is 0. The van der Waals surface area contributed by atoms with Crippen molar-refractivity contribution < 1.29 is 4.79 Å². The molecule has 17 heavy (non-hydrogen) atoms. The van der Waals surface area contributed by atoms with Crippen LogP contribution in [0.4, 0.5) is 0 Å². The highest BCUT2D eigenvalue weighted by atomic mass is 16.1. The molecule has 0 amide bonds. The summed E-state index contributed by atoms with van der Waals surface area (Å²) >= 11 is 0. The normalized spacial score (nSPS) is 23.1. The average molecular weight is 236 g/mol. The van der Waals surface area contributed by atoms with Gasteiger partial charge in [0, 0.05) is 6.42 Å². The lowest BCUT2D eigenvalue weighted by Crippen LogP contribution is -2.03. The second-order valence-corrected chi connectivity index (χ2v) is 5.27. The van der Waals surface area contributed by atoms with Crippen molar-refractivity contribution in [3.8, 4) is 0 Å². The van der Waals surface area contributed by atoms with E-state index in [1.165, 1.54) is 44.9 Å². The van der Waals surface area contributed by atoms with E-state index in [9.17, 15) is 4.79 Å².